The second-order valence-electron chi connectivity index (χ2n) is 4.51. The van der Waals surface area contributed by atoms with Crippen LogP contribution in [0.5, 0.6) is 11.5 Å². The molecule has 0 amide bonds. The van der Waals surface area contributed by atoms with Gasteiger partial charge in [-0.25, -0.2) is 0 Å². The van der Waals surface area contributed by atoms with Crippen LogP contribution in [0.2, 0.25) is 0 Å². The highest BCUT2D eigenvalue weighted by Crippen LogP contribution is 2.19. The quantitative estimate of drug-likeness (QED) is 0.677. The molecule has 2 aromatic rings. The number of para-hydroxylation sites is 1. The molecule has 2 nitrogen and oxygen atoms in total. The lowest BCUT2D eigenvalue weighted by Crippen LogP contribution is -2.09. The highest BCUT2D eigenvalue weighted by Gasteiger charge is 2.00. The smallest absolute Gasteiger partial charge is 0.126 e. The topological polar surface area (TPSA) is 18.5 Å². The fourth-order valence-electron chi connectivity index (χ4n) is 1.94. The third-order valence-corrected chi connectivity index (χ3v) is 2.99. The monoisotopic (exact) mass is 280 g/mol. The minimum atomic E-state index is 0.512. The first-order valence-electron chi connectivity index (χ1n) is 7.03. The Hall–Kier alpha value is -2.48. The summed E-state index contributed by atoms with van der Waals surface area (Å²) in [6.45, 7) is 6.74. The average molecular weight is 280 g/mol. The van der Waals surface area contributed by atoms with Gasteiger partial charge in [-0.15, -0.1) is 0 Å². The molecule has 0 spiro atoms. The fourth-order valence-corrected chi connectivity index (χ4v) is 1.94. The highest BCUT2D eigenvalue weighted by molar-refractivity contribution is 5.56. The Morgan fingerprint density at radius 3 is 2.38 bits per heavy atom. The second kappa shape index (κ2) is 7.95. The molecule has 0 N–H and O–H groups in total. The summed E-state index contributed by atoms with van der Waals surface area (Å²) in [5.41, 5.74) is 2.16. The summed E-state index contributed by atoms with van der Waals surface area (Å²) in [4.78, 5) is 0. The molecular formula is C19H20O2. The van der Waals surface area contributed by atoms with Crippen LogP contribution in [0, 0.1) is 0 Å². The van der Waals surface area contributed by atoms with Gasteiger partial charge in [0.1, 0.15) is 24.7 Å². The van der Waals surface area contributed by atoms with Gasteiger partial charge in [-0.3, -0.25) is 0 Å². The van der Waals surface area contributed by atoms with Crippen LogP contribution in [0.3, 0.4) is 0 Å². The van der Waals surface area contributed by atoms with Crippen LogP contribution >= 0.6 is 0 Å². The van der Waals surface area contributed by atoms with E-state index in [-0.39, 0.29) is 0 Å². The molecule has 21 heavy (non-hydrogen) atoms. The van der Waals surface area contributed by atoms with Gasteiger partial charge in [0.05, 0.1) is 0 Å². The van der Waals surface area contributed by atoms with E-state index < -0.39 is 0 Å². The molecule has 0 aliphatic heterocycles. The van der Waals surface area contributed by atoms with Crippen molar-refractivity contribution in [3.63, 3.8) is 0 Å². The normalized spacial score (nSPS) is 10.5. The van der Waals surface area contributed by atoms with E-state index in [2.05, 4.69) is 6.58 Å². The number of hydrogen-bond acceptors (Lipinski definition) is 2. The molecule has 0 aromatic heterocycles. The molecule has 0 saturated heterocycles. The van der Waals surface area contributed by atoms with Crippen molar-refractivity contribution in [3.8, 4) is 11.5 Å². The molecule has 0 radical (unpaired) electrons. The van der Waals surface area contributed by atoms with Gasteiger partial charge in [0.25, 0.3) is 0 Å². The van der Waals surface area contributed by atoms with E-state index >= 15 is 0 Å². The fraction of sp³-hybridized carbons (Fsp3) is 0.158. The van der Waals surface area contributed by atoms with E-state index in [0.29, 0.717) is 13.2 Å². The Labute approximate surface area is 126 Å². The predicted molar refractivity (Wildman–Crippen MR) is 88.7 cm³/mol. The SMILES string of the molecule is C=Cc1ccc(OCCOc2ccccc2/C=C/C)cc1. The van der Waals surface area contributed by atoms with E-state index in [9.17, 15) is 0 Å². The lowest BCUT2D eigenvalue weighted by molar-refractivity contribution is 0.217. The molecule has 0 atom stereocenters. The number of hydrogen-bond donors (Lipinski definition) is 0. The summed E-state index contributed by atoms with van der Waals surface area (Å²) < 4.78 is 11.4. The molecule has 2 heteroatoms. The van der Waals surface area contributed by atoms with E-state index in [4.69, 9.17) is 9.47 Å². The van der Waals surface area contributed by atoms with Crippen molar-refractivity contribution in [2.45, 2.75) is 6.92 Å². The van der Waals surface area contributed by atoms with Crippen molar-refractivity contribution >= 4 is 12.2 Å². The van der Waals surface area contributed by atoms with E-state index in [1.165, 1.54) is 0 Å². The van der Waals surface area contributed by atoms with Crippen molar-refractivity contribution in [1.82, 2.24) is 0 Å². The maximum Gasteiger partial charge on any atom is 0.126 e. The van der Waals surface area contributed by atoms with Gasteiger partial charge in [-0.2, -0.15) is 0 Å². The first-order chi connectivity index (χ1) is 10.3. The molecule has 0 heterocycles. The van der Waals surface area contributed by atoms with Gasteiger partial charge in [-0.05, 0) is 30.7 Å². The van der Waals surface area contributed by atoms with Gasteiger partial charge in [0.15, 0.2) is 0 Å². The molecule has 108 valence electrons. The molecular weight excluding hydrogens is 260 g/mol. The molecule has 0 unspecified atom stereocenters. The number of benzene rings is 2. The van der Waals surface area contributed by atoms with Gasteiger partial charge in [0.2, 0.25) is 0 Å². The molecule has 0 aliphatic carbocycles. The maximum absolute atomic E-state index is 5.76. The third-order valence-electron chi connectivity index (χ3n) is 2.99. The lowest BCUT2D eigenvalue weighted by atomic mass is 10.2. The Kier molecular flexibility index (Phi) is 5.65. The average Bonchev–Trinajstić information content (AvgIpc) is 2.54. The van der Waals surface area contributed by atoms with Crippen LogP contribution in [-0.2, 0) is 0 Å². The second-order valence-corrected chi connectivity index (χ2v) is 4.51. The largest absolute Gasteiger partial charge is 0.490 e. The van der Waals surface area contributed by atoms with E-state index in [0.717, 1.165) is 22.6 Å². The first-order valence-corrected chi connectivity index (χ1v) is 7.03. The lowest BCUT2D eigenvalue weighted by Gasteiger charge is -2.10. The van der Waals surface area contributed by atoms with Crippen molar-refractivity contribution in [1.29, 1.82) is 0 Å². The van der Waals surface area contributed by atoms with Gasteiger partial charge in [0, 0.05) is 5.56 Å². The van der Waals surface area contributed by atoms with Crippen LogP contribution in [0.25, 0.3) is 12.2 Å². The Bertz CT molecular complexity index is 597. The summed E-state index contributed by atoms with van der Waals surface area (Å²) in [5, 5.41) is 0. The summed E-state index contributed by atoms with van der Waals surface area (Å²) in [6, 6.07) is 15.8. The summed E-state index contributed by atoms with van der Waals surface area (Å²) in [6.07, 6.45) is 5.84. The minimum absolute atomic E-state index is 0.512. The molecule has 0 aliphatic rings. The zero-order valence-corrected chi connectivity index (χ0v) is 12.3. The Morgan fingerprint density at radius 1 is 0.952 bits per heavy atom. The van der Waals surface area contributed by atoms with Crippen molar-refractivity contribution in [2.75, 3.05) is 13.2 Å². The number of allylic oxidation sites excluding steroid dienone is 1. The molecule has 0 bridgehead atoms. The number of ether oxygens (including phenoxy) is 2. The number of rotatable bonds is 7. The first kappa shape index (κ1) is 14.9. The molecule has 0 fully saturated rings. The van der Waals surface area contributed by atoms with Gasteiger partial charge >= 0.3 is 0 Å². The minimum Gasteiger partial charge on any atom is -0.490 e. The van der Waals surface area contributed by atoms with Crippen LogP contribution in [0.1, 0.15) is 18.1 Å². The summed E-state index contributed by atoms with van der Waals surface area (Å²) >= 11 is 0. The molecule has 2 aromatic carbocycles. The van der Waals surface area contributed by atoms with Crippen molar-refractivity contribution < 1.29 is 9.47 Å². The van der Waals surface area contributed by atoms with Crippen molar-refractivity contribution in [3.05, 3.63) is 72.3 Å². The summed E-state index contributed by atoms with van der Waals surface area (Å²) in [5.74, 6) is 1.71. The van der Waals surface area contributed by atoms with Crippen molar-refractivity contribution in [2.24, 2.45) is 0 Å². The zero-order chi connectivity index (χ0) is 14.9. The third kappa shape index (κ3) is 4.53. The van der Waals surface area contributed by atoms with E-state index in [1.807, 2.05) is 73.7 Å². The van der Waals surface area contributed by atoms with Gasteiger partial charge in [-0.1, -0.05) is 55.1 Å². The Morgan fingerprint density at radius 2 is 1.67 bits per heavy atom. The zero-order valence-electron chi connectivity index (χ0n) is 12.3. The predicted octanol–water partition coefficient (Wildman–Crippen LogP) is 4.82. The van der Waals surface area contributed by atoms with Crippen LogP contribution < -0.4 is 9.47 Å². The highest BCUT2D eigenvalue weighted by atomic mass is 16.5. The van der Waals surface area contributed by atoms with Gasteiger partial charge < -0.3 is 9.47 Å². The standard InChI is InChI=1S/C19H20O2/c1-3-7-17-8-5-6-9-19(17)21-15-14-20-18-12-10-16(4-2)11-13-18/h3-13H,2,14-15H2,1H3/b7-3+. The van der Waals surface area contributed by atoms with Crippen LogP contribution in [-0.4, -0.2) is 13.2 Å². The maximum atomic E-state index is 5.76. The molecule has 2 rings (SSSR count). The molecule has 0 saturated carbocycles. The summed E-state index contributed by atoms with van der Waals surface area (Å²) in [7, 11) is 0. The van der Waals surface area contributed by atoms with Crippen LogP contribution in [0.4, 0.5) is 0 Å². The van der Waals surface area contributed by atoms with E-state index in [1.54, 1.807) is 0 Å². The Balaban J connectivity index is 1.83. The van der Waals surface area contributed by atoms with Crippen LogP contribution in [0.15, 0.2) is 61.2 Å².